The number of alkyl halides is 3. The van der Waals surface area contributed by atoms with Crippen molar-refractivity contribution in [3.05, 3.63) is 76.9 Å². The molecule has 0 radical (unpaired) electrons. The van der Waals surface area contributed by atoms with E-state index in [-0.39, 0.29) is 25.0 Å². The van der Waals surface area contributed by atoms with Crippen LogP contribution in [0, 0.1) is 0 Å². The quantitative estimate of drug-likeness (QED) is 0.530. The minimum atomic E-state index is -4.55. The first-order valence-corrected chi connectivity index (χ1v) is 12.5. The molecule has 2 unspecified atom stereocenters. The van der Waals surface area contributed by atoms with Gasteiger partial charge in [0.25, 0.3) is 11.8 Å². The molecule has 2 heterocycles. The number of nitrogens with zero attached hydrogens (tertiary/aromatic N) is 3. The van der Waals surface area contributed by atoms with Crippen LogP contribution in [-0.2, 0) is 16.8 Å². The van der Waals surface area contributed by atoms with Crippen LogP contribution in [0.1, 0.15) is 59.7 Å². The topological polar surface area (TPSA) is 43.9 Å². The molecule has 8 heteroatoms. The number of hydrazine groups is 1. The van der Waals surface area contributed by atoms with Crippen molar-refractivity contribution in [2.45, 2.75) is 56.8 Å². The second-order valence-electron chi connectivity index (χ2n) is 9.92. The molecule has 1 fully saturated rings. The molecule has 0 bridgehead atoms. The lowest BCUT2D eigenvalue weighted by atomic mass is 9.77. The van der Waals surface area contributed by atoms with Crippen LogP contribution in [0.5, 0.6) is 0 Å². The van der Waals surface area contributed by atoms with Gasteiger partial charge in [0.2, 0.25) is 0 Å². The third-order valence-electron chi connectivity index (χ3n) is 7.63. The average Bonchev–Trinajstić information content (AvgIpc) is 3.57. The fraction of sp³-hybridized carbons (Fsp3) is 0.429. The smallest absolute Gasteiger partial charge is 0.330 e. The predicted octanol–water partition coefficient (Wildman–Crippen LogP) is 5.18. The van der Waals surface area contributed by atoms with Crippen molar-refractivity contribution < 1.29 is 22.8 Å². The van der Waals surface area contributed by atoms with Gasteiger partial charge >= 0.3 is 6.18 Å². The number of carbonyl (C=O) groups excluding carboxylic acids is 2. The number of fused-ring (bicyclic) bond motifs is 2. The lowest BCUT2D eigenvalue weighted by Gasteiger charge is -2.39. The maximum Gasteiger partial charge on any atom is 0.407 e. The second kappa shape index (κ2) is 9.39. The largest absolute Gasteiger partial charge is 0.407 e. The van der Waals surface area contributed by atoms with Gasteiger partial charge in [0.15, 0.2) is 0 Å². The zero-order valence-electron chi connectivity index (χ0n) is 20.3. The van der Waals surface area contributed by atoms with E-state index in [0.29, 0.717) is 31.4 Å². The van der Waals surface area contributed by atoms with Crippen molar-refractivity contribution in [3.8, 4) is 0 Å². The maximum atomic E-state index is 14.1. The van der Waals surface area contributed by atoms with E-state index < -0.39 is 24.0 Å². The summed E-state index contributed by atoms with van der Waals surface area (Å²) in [6.07, 6.45) is 1.58. The molecule has 3 aliphatic rings. The maximum absolute atomic E-state index is 14.1. The molecule has 0 N–H and O–H groups in total. The molecule has 2 aromatic rings. The van der Waals surface area contributed by atoms with Crippen molar-refractivity contribution in [1.29, 1.82) is 0 Å². The lowest BCUT2D eigenvalue weighted by Crippen LogP contribution is -2.56. The number of hydrogen-bond donors (Lipinski definition) is 0. The molecule has 5 nitrogen and oxygen atoms in total. The molecule has 0 saturated carbocycles. The molecule has 1 aliphatic carbocycles. The summed E-state index contributed by atoms with van der Waals surface area (Å²) < 4.78 is 41.4. The van der Waals surface area contributed by atoms with Crippen LogP contribution in [-0.4, -0.2) is 58.6 Å². The summed E-state index contributed by atoms with van der Waals surface area (Å²) in [6.45, 7) is 1.57. The van der Waals surface area contributed by atoms with E-state index in [2.05, 4.69) is 0 Å². The average molecular weight is 498 g/mol. The lowest BCUT2D eigenvalue weighted by molar-refractivity contribution is -0.192. The van der Waals surface area contributed by atoms with Crippen LogP contribution in [0.4, 0.5) is 13.2 Å². The molecule has 0 spiro atoms. The number of benzene rings is 2. The van der Waals surface area contributed by atoms with E-state index in [4.69, 9.17) is 0 Å². The van der Waals surface area contributed by atoms with Crippen LogP contribution in [0.3, 0.4) is 0 Å². The Labute approximate surface area is 209 Å². The van der Waals surface area contributed by atoms with Crippen molar-refractivity contribution in [2.24, 2.45) is 0 Å². The highest BCUT2D eigenvalue weighted by atomic mass is 19.4. The Kier molecular flexibility index (Phi) is 6.41. The van der Waals surface area contributed by atoms with Crippen LogP contribution in [0.15, 0.2) is 54.6 Å². The summed E-state index contributed by atoms with van der Waals surface area (Å²) >= 11 is 0. The molecule has 2 amide bonds. The molecular formula is C28H30F3N3O2. The first-order chi connectivity index (χ1) is 17.2. The van der Waals surface area contributed by atoms with E-state index in [9.17, 15) is 22.8 Å². The van der Waals surface area contributed by atoms with E-state index in [1.165, 1.54) is 5.01 Å². The molecule has 2 atom stereocenters. The first-order valence-electron chi connectivity index (χ1n) is 12.5. The van der Waals surface area contributed by atoms with Crippen molar-refractivity contribution in [3.63, 3.8) is 0 Å². The molecule has 0 aromatic heterocycles. The zero-order chi connectivity index (χ0) is 25.5. The van der Waals surface area contributed by atoms with Crippen LogP contribution in [0.25, 0.3) is 6.08 Å². The summed E-state index contributed by atoms with van der Waals surface area (Å²) in [5.41, 5.74) is 2.07. The van der Waals surface area contributed by atoms with E-state index in [1.54, 1.807) is 17.0 Å². The molecule has 1 saturated heterocycles. The van der Waals surface area contributed by atoms with E-state index in [1.807, 2.05) is 55.5 Å². The third-order valence-corrected chi connectivity index (χ3v) is 7.63. The van der Waals surface area contributed by atoms with Gasteiger partial charge in [-0.3, -0.25) is 14.6 Å². The van der Waals surface area contributed by atoms with Gasteiger partial charge in [-0.2, -0.15) is 13.2 Å². The number of hydrogen-bond acceptors (Lipinski definition) is 3. The number of carbonyl (C=O) groups is 2. The third kappa shape index (κ3) is 4.32. The van der Waals surface area contributed by atoms with Crippen molar-refractivity contribution in [1.82, 2.24) is 14.9 Å². The summed E-state index contributed by atoms with van der Waals surface area (Å²) in [6, 6.07) is 14.6. The summed E-state index contributed by atoms with van der Waals surface area (Å²) in [5, 5.41) is 2.43. The fourth-order valence-electron chi connectivity index (χ4n) is 5.81. The van der Waals surface area contributed by atoms with Crippen molar-refractivity contribution in [2.75, 3.05) is 19.6 Å². The van der Waals surface area contributed by atoms with Gasteiger partial charge in [-0.1, -0.05) is 74.4 Å². The molecule has 2 aliphatic heterocycles. The summed E-state index contributed by atoms with van der Waals surface area (Å²) in [4.78, 5) is 28.8. The highest BCUT2D eigenvalue weighted by molar-refractivity contribution is 5.98. The van der Waals surface area contributed by atoms with Gasteiger partial charge in [-0.25, -0.2) is 5.01 Å². The van der Waals surface area contributed by atoms with Crippen LogP contribution < -0.4 is 0 Å². The highest BCUT2D eigenvalue weighted by Gasteiger charge is 2.49. The second-order valence-corrected chi connectivity index (χ2v) is 9.92. The Morgan fingerprint density at radius 1 is 1.14 bits per heavy atom. The molecular weight excluding hydrogens is 467 g/mol. The van der Waals surface area contributed by atoms with Crippen LogP contribution in [0.2, 0.25) is 0 Å². The number of unbranched alkanes of at least 4 members (excludes halogenated alkanes) is 1. The first kappa shape index (κ1) is 24.6. The monoisotopic (exact) mass is 497 g/mol. The Hall–Kier alpha value is -3.13. The minimum Gasteiger partial charge on any atom is -0.330 e. The molecule has 5 rings (SSSR count). The Morgan fingerprint density at radius 2 is 1.89 bits per heavy atom. The normalized spacial score (nSPS) is 23.3. The van der Waals surface area contributed by atoms with Gasteiger partial charge in [0.05, 0.1) is 5.41 Å². The minimum absolute atomic E-state index is 0.0989. The van der Waals surface area contributed by atoms with Gasteiger partial charge < -0.3 is 4.90 Å². The van der Waals surface area contributed by atoms with Crippen molar-refractivity contribution >= 4 is 17.9 Å². The molecule has 2 aromatic carbocycles. The fourth-order valence-corrected chi connectivity index (χ4v) is 5.81. The Morgan fingerprint density at radius 3 is 2.64 bits per heavy atom. The van der Waals surface area contributed by atoms with E-state index >= 15 is 0 Å². The van der Waals surface area contributed by atoms with Gasteiger partial charge in [-0.05, 0) is 35.6 Å². The van der Waals surface area contributed by atoms with E-state index in [0.717, 1.165) is 28.1 Å². The van der Waals surface area contributed by atoms with Gasteiger partial charge in [0, 0.05) is 31.2 Å². The number of halogens is 3. The molecule has 190 valence electrons. The standard InChI is InChI=1S/C28H30F3N3O2/c1-2-3-14-27(15-12-20-8-5-7-11-24(20)27)26(36)34(19-28(29,30)31)32-16-13-22(18-32)33-17-21-9-4-6-10-23(21)25(33)35/h4-12,15,22H,2-3,13-14,16-19H2,1H3. The SMILES string of the molecule is CCCCC1(C(=O)N(CC(F)(F)F)N2CCC(N3Cc4ccccc4C3=O)C2)C=Cc2ccccc21. The van der Waals surface area contributed by atoms with Crippen LogP contribution >= 0.6 is 0 Å². The summed E-state index contributed by atoms with van der Waals surface area (Å²) in [5.74, 6) is -0.649. The zero-order valence-corrected chi connectivity index (χ0v) is 20.3. The Balaban J connectivity index is 1.43. The Bertz CT molecular complexity index is 1190. The van der Waals surface area contributed by atoms with Gasteiger partial charge in [0.1, 0.15) is 6.54 Å². The highest BCUT2D eigenvalue weighted by Crippen LogP contribution is 2.43. The summed E-state index contributed by atoms with van der Waals surface area (Å²) in [7, 11) is 0. The van der Waals surface area contributed by atoms with Gasteiger partial charge in [-0.15, -0.1) is 0 Å². The predicted molar refractivity (Wildman–Crippen MR) is 131 cm³/mol. The number of amides is 2. The number of rotatable bonds is 7. The molecule has 36 heavy (non-hydrogen) atoms.